The molecule has 122 valence electrons. The first-order valence-corrected chi connectivity index (χ1v) is 8.56. The average molecular weight is 385 g/mol. The van der Waals surface area contributed by atoms with Crippen molar-refractivity contribution in [3.05, 3.63) is 64.6 Å². The fourth-order valence-corrected chi connectivity index (χ4v) is 3.01. The highest BCUT2D eigenvalue weighted by Crippen LogP contribution is 2.22. The number of nitrogens with one attached hydrogen (secondary N) is 1. The maximum absolute atomic E-state index is 12.0. The van der Waals surface area contributed by atoms with Crippen molar-refractivity contribution in [3.8, 4) is 0 Å². The Bertz CT molecular complexity index is 784. The summed E-state index contributed by atoms with van der Waals surface area (Å²) >= 11 is 3.37. The molecule has 0 bridgehead atoms. The zero-order valence-corrected chi connectivity index (χ0v) is 14.6. The SMILES string of the molecule is O=C(/C=C/c1ccc(N2CCCC2=O)cc1)Nc1cccc(Br)c1. The zero-order chi connectivity index (χ0) is 16.9. The number of amides is 2. The first-order valence-electron chi connectivity index (χ1n) is 7.77. The molecule has 1 heterocycles. The third-order valence-corrected chi connectivity index (χ3v) is 4.29. The van der Waals surface area contributed by atoms with Crippen LogP contribution in [-0.4, -0.2) is 18.4 Å². The molecule has 0 radical (unpaired) electrons. The molecule has 0 spiro atoms. The third kappa shape index (κ3) is 4.11. The molecule has 2 aromatic rings. The molecule has 0 atom stereocenters. The summed E-state index contributed by atoms with van der Waals surface area (Å²) in [5.41, 5.74) is 2.56. The minimum atomic E-state index is -0.188. The fraction of sp³-hybridized carbons (Fsp3) is 0.158. The Morgan fingerprint density at radius 1 is 1.17 bits per heavy atom. The number of carbonyl (C=O) groups excluding carboxylic acids is 2. The highest BCUT2D eigenvalue weighted by Gasteiger charge is 2.21. The van der Waals surface area contributed by atoms with E-state index < -0.39 is 0 Å². The van der Waals surface area contributed by atoms with Gasteiger partial charge in [-0.05, 0) is 48.4 Å². The summed E-state index contributed by atoms with van der Waals surface area (Å²) in [7, 11) is 0. The van der Waals surface area contributed by atoms with Crippen molar-refractivity contribution >= 4 is 45.2 Å². The van der Waals surface area contributed by atoms with Gasteiger partial charge in [-0.3, -0.25) is 9.59 Å². The van der Waals surface area contributed by atoms with Crippen molar-refractivity contribution in [1.29, 1.82) is 0 Å². The minimum Gasteiger partial charge on any atom is -0.322 e. The summed E-state index contributed by atoms with van der Waals surface area (Å²) in [4.78, 5) is 25.5. The van der Waals surface area contributed by atoms with Gasteiger partial charge in [0, 0.05) is 34.9 Å². The van der Waals surface area contributed by atoms with Crippen LogP contribution < -0.4 is 10.2 Å². The lowest BCUT2D eigenvalue weighted by Crippen LogP contribution is -2.23. The normalized spacial score (nSPS) is 14.4. The maximum Gasteiger partial charge on any atom is 0.248 e. The van der Waals surface area contributed by atoms with Gasteiger partial charge < -0.3 is 10.2 Å². The number of rotatable bonds is 4. The summed E-state index contributed by atoms with van der Waals surface area (Å²) in [6.45, 7) is 0.781. The van der Waals surface area contributed by atoms with E-state index in [2.05, 4.69) is 21.2 Å². The van der Waals surface area contributed by atoms with Crippen LogP contribution in [0.25, 0.3) is 6.08 Å². The first-order chi connectivity index (χ1) is 11.6. The van der Waals surface area contributed by atoms with Gasteiger partial charge in [0.25, 0.3) is 0 Å². The highest BCUT2D eigenvalue weighted by atomic mass is 79.9. The van der Waals surface area contributed by atoms with Crippen molar-refractivity contribution in [2.45, 2.75) is 12.8 Å². The van der Waals surface area contributed by atoms with Gasteiger partial charge in [0.1, 0.15) is 0 Å². The van der Waals surface area contributed by atoms with Crippen LogP contribution in [0.2, 0.25) is 0 Å². The van der Waals surface area contributed by atoms with Crippen molar-refractivity contribution in [2.75, 3.05) is 16.8 Å². The molecular formula is C19H17BrN2O2. The van der Waals surface area contributed by atoms with Crippen LogP contribution in [0.5, 0.6) is 0 Å². The van der Waals surface area contributed by atoms with E-state index >= 15 is 0 Å². The lowest BCUT2D eigenvalue weighted by molar-refractivity contribution is -0.117. The summed E-state index contributed by atoms with van der Waals surface area (Å²) in [6, 6.07) is 15.1. The standard InChI is InChI=1S/C19H17BrN2O2/c20-15-3-1-4-16(13-15)21-18(23)11-8-14-6-9-17(10-7-14)22-12-2-5-19(22)24/h1,3-4,6-11,13H,2,5,12H2,(H,21,23)/b11-8+. The Morgan fingerprint density at radius 3 is 2.62 bits per heavy atom. The molecule has 0 aromatic heterocycles. The van der Waals surface area contributed by atoms with Crippen LogP contribution in [0, 0.1) is 0 Å². The van der Waals surface area contributed by atoms with E-state index in [-0.39, 0.29) is 11.8 Å². The molecule has 0 unspecified atom stereocenters. The van der Waals surface area contributed by atoms with Gasteiger partial charge in [-0.1, -0.05) is 34.1 Å². The van der Waals surface area contributed by atoms with Gasteiger partial charge in [0.15, 0.2) is 0 Å². The number of carbonyl (C=O) groups is 2. The largest absolute Gasteiger partial charge is 0.322 e. The number of halogens is 1. The lowest BCUT2D eigenvalue weighted by atomic mass is 10.2. The van der Waals surface area contributed by atoms with Crippen molar-refractivity contribution in [1.82, 2.24) is 0 Å². The first kappa shape index (κ1) is 16.5. The number of anilines is 2. The Labute approximate surface area is 149 Å². The molecule has 3 rings (SSSR count). The summed E-state index contributed by atoms with van der Waals surface area (Å²) < 4.78 is 0.913. The Kier molecular flexibility index (Phi) is 5.11. The number of hydrogen-bond acceptors (Lipinski definition) is 2. The highest BCUT2D eigenvalue weighted by molar-refractivity contribution is 9.10. The minimum absolute atomic E-state index is 0.173. The molecule has 0 saturated carbocycles. The smallest absolute Gasteiger partial charge is 0.248 e. The molecule has 1 N–H and O–H groups in total. The summed E-state index contributed by atoms with van der Waals surface area (Å²) in [5.74, 6) is -0.0152. The second-order valence-corrected chi connectivity index (χ2v) is 6.49. The lowest BCUT2D eigenvalue weighted by Gasteiger charge is -2.15. The van der Waals surface area contributed by atoms with Gasteiger partial charge in [-0.25, -0.2) is 0 Å². The molecule has 1 aliphatic rings. The molecule has 1 aliphatic heterocycles. The van der Waals surface area contributed by atoms with E-state index in [0.29, 0.717) is 6.42 Å². The molecule has 4 nitrogen and oxygen atoms in total. The number of benzene rings is 2. The molecule has 2 aromatic carbocycles. The van der Waals surface area contributed by atoms with E-state index in [0.717, 1.165) is 34.4 Å². The van der Waals surface area contributed by atoms with Gasteiger partial charge in [0.2, 0.25) is 11.8 Å². The summed E-state index contributed by atoms with van der Waals surface area (Å²) in [6.07, 6.45) is 4.79. The predicted molar refractivity (Wildman–Crippen MR) is 99.8 cm³/mol. The Hall–Kier alpha value is -2.40. The van der Waals surface area contributed by atoms with Crippen LogP contribution >= 0.6 is 15.9 Å². The maximum atomic E-state index is 12.0. The molecule has 5 heteroatoms. The predicted octanol–water partition coefficient (Wildman–Crippen LogP) is 4.23. The van der Waals surface area contributed by atoms with Crippen LogP contribution in [0.15, 0.2) is 59.1 Å². The van der Waals surface area contributed by atoms with Gasteiger partial charge in [-0.2, -0.15) is 0 Å². The van der Waals surface area contributed by atoms with E-state index in [1.807, 2.05) is 48.5 Å². The average Bonchev–Trinajstić information content (AvgIpc) is 2.99. The van der Waals surface area contributed by atoms with Crippen molar-refractivity contribution < 1.29 is 9.59 Å². The van der Waals surface area contributed by atoms with Gasteiger partial charge in [0.05, 0.1) is 0 Å². The molecule has 0 aliphatic carbocycles. The summed E-state index contributed by atoms with van der Waals surface area (Å²) in [5, 5.41) is 2.81. The van der Waals surface area contributed by atoms with E-state index in [9.17, 15) is 9.59 Å². The van der Waals surface area contributed by atoms with Gasteiger partial charge >= 0.3 is 0 Å². The Morgan fingerprint density at radius 2 is 1.96 bits per heavy atom. The van der Waals surface area contributed by atoms with Gasteiger partial charge in [-0.15, -0.1) is 0 Å². The fourth-order valence-electron chi connectivity index (χ4n) is 2.61. The molecule has 1 fully saturated rings. The van der Waals surface area contributed by atoms with Crippen molar-refractivity contribution in [2.24, 2.45) is 0 Å². The van der Waals surface area contributed by atoms with Crippen LogP contribution in [0.4, 0.5) is 11.4 Å². The van der Waals surface area contributed by atoms with Crippen LogP contribution in [-0.2, 0) is 9.59 Å². The second-order valence-electron chi connectivity index (χ2n) is 5.57. The second kappa shape index (κ2) is 7.45. The van der Waals surface area contributed by atoms with Crippen molar-refractivity contribution in [3.63, 3.8) is 0 Å². The molecule has 1 saturated heterocycles. The van der Waals surface area contributed by atoms with E-state index in [1.54, 1.807) is 11.0 Å². The molecular weight excluding hydrogens is 368 g/mol. The van der Waals surface area contributed by atoms with Crippen LogP contribution in [0.3, 0.4) is 0 Å². The number of nitrogens with zero attached hydrogens (tertiary/aromatic N) is 1. The van der Waals surface area contributed by atoms with Crippen LogP contribution in [0.1, 0.15) is 18.4 Å². The Balaban J connectivity index is 1.61. The quantitative estimate of drug-likeness (QED) is 0.801. The number of hydrogen-bond donors (Lipinski definition) is 1. The van der Waals surface area contributed by atoms with E-state index in [4.69, 9.17) is 0 Å². The monoisotopic (exact) mass is 384 g/mol. The molecule has 24 heavy (non-hydrogen) atoms. The third-order valence-electron chi connectivity index (χ3n) is 3.80. The molecule has 2 amide bonds. The van der Waals surface area contributed by atoms with E-state index in [1.165, 1.54) is 6.08 Å². The topological polar surface area (TPSA) is 49.4 Å². The zero-order valence-electron chi connectivity index (χ0n) is 13.0.